The highest BCUT2D eigenvalue weighted by molar-refractivity contribution is 14.1. The summed E-state index contributed by atoms with van der Waals surface area (Å²) >= 11 is 5.77. The fourth-order valence-corrected chi connectivity index (χ4v) is 6.73. The summed E-state index contributed by atoms with van der Waals surface area (Å²) < 4.78 is 13.6. The minimum absolute atomic E-state index is 0.0128. The molecule has 114 valence electrons. The number of carbonyl (C=O) groups excluding carboxylic acids is 2. The molecule has 2 saturated heterocycles. The first-order chi connectivity index (χ1) is 9.20. The Kier molecular flexibility index (Phi) is 5.19. The van der Waals surface area contributed by atoms with Gasteiger partial charge >= 0.3 is 14.6 Å². The zero-order valence-electron chi connectivity index (χ0n) is 11.3. The first-order valence-corrected chi connectivity index (χ1v) is 9.95. The van der Waals surface area contributed by atoms with Crippen molar-refractivity contribution in [3.05, 3.63) is 0 Å². The van der Waals surface area contributed by atoms with E-state index in [9.17, 15) is 9.59 Å². The van der Waals surface area contributed by atoms with Crippen LogP contribution in [-0.2, 0) is 23.2 Å². The quantitative estimate of drug-likeness (QED) is 0.178. The Hall–Kier alpha value is 1.10. The standard InChI is InChI=1S/C10H14I2NO5PS/c1-9(2)10(12,8(15)18-19(16-3)17-4)13-6(14)5(11)7(13)20-9/h5,7H,1-4H3/t5-,7-,10+/m1/s1. The maximum atomic E-state index is 12.6. The molecule has 2 aliphatic rings. The Morgan fingerprint density at radius 3 is 2.45 bits per heavy atom. The number of halogens is 2. The van der Waals surface area contributed by atoms with Crippen molar-refractivity contribution < 1.29 is 23.2 Å². The van der Waals surface area contributed by atoms with Crippen LogP contribution in [0.1, 0.15) is 13.8 Å². The van der Waals surface area contributed by atoms with Gasteiger partial charge in [0.05, 0.1) is 4.75 Å². The summed E-state index contributed by atoms with van der Waals surface area (Å²) in [4.78, 5) is 26.3. The van der Waals surface area contributed by atoms with E-state index in [-0.39, 0.29) is 15.2 Å². The monoisotopic (exact) mass is 545 g/mol. The number of hydrogen-bond acceptors (Lipinski definition) is 6. The summed E-state index contributed by atoms with van der Waals surface area (Å²) in [6.07, 6.45) is 0. The van der Waals surface area contributed by atoms with E-state index in [1.54, 1.807) is 16.7 Å². The van der Waals surface area contributed by atoms with E-state index in [0.29, 0.717) is 0 Å². The van der Waals surface area contributed by atoms with Gasteiger partial charge in [0.2, 0.25) is 9.45 Å². The van der Waals surface area contributed by atoms with Crippen LogP contribution in [0.2, 0.25) is 0 Å². The Morgan fingerprint density at radius 2 is 1.95 bits per heavy atom. The van der Waals surface area contributed by atoms with Gasteiger partial charge < -0.3 is 18.5 Å². The fraction of sp³-hybridized carbons (Fsp3) is 0.800. The molecule has 3 atom stereocenters. The van der Waals surface area contributed by atoms with Crippen LogP contribution in [0.25, 0.3) is 0 Å². The second kappa shape index (κ2) is 5.95. The minimum atomic E-state index is -1.72. The molecule has 2 heterocycles. The summed E-state index contributed by atoms with van der Waals surface area (Å²) in [5.74, 6) is -0.524. The Labute approximate surface area is 150 Å². The van der Waals surface area contributed by atoms with Gasteiger partial charge in [0.25, 0.3) is 0 Å². The Morgan fingerprint density at radius 1 is 1.40 bits per heavy atom. The van der Waals surface area contributed by atoms with Gasteiger partial charge in [0.15, 0.2) is 0 Å². The second-order valence-electron chi connectivity index (χ2n) is 4.72. The van der Waals surface area contributed by atoms with Gasteiger partial charge in [0.1, 0.15) is 9.30 Å². The molecule has 0 aromatic rings. The molecule has 0 aliphatic carbocycles. The summed E-state index contributed by atoms with van der Waals surface area (Å²) in [6, 6.07) is 0. The number of hydrogen-bond donors (Lipinski definition) is 0. The third-order valence-corrected chi connectivity index (χ3v) is 10.1. The van der Waals surface area contributed by atoms with Gasteiger partial charge in [-0.25, -0.2) is 4.79 Å². The molecule has 2 fully saturated rings. The molecule has 0 N–H and O–H groups in total. The van der Waals surface area contributed by atoms with E-state index in [4.69, 9.17) is 13.6 Å². The highest BCUT2D eigenvalue weighted by Crippen LogP contribution is 2.62. The maximum Gasteiger partial charge on any atom is 0.398 e. The number of alkyl halides is 2. The molecule has 0 saturated carbocycles. The van der Waals surface area contributed by atoms with Crippen LogP contribution in [0.5, 0.6) is 0 Å². The zero-order valence-corrected chi connectivity index (χ0v) is 17.3. The Balaban J connectivity index is 2.27. The molecular formula is C10H14I2NO5PS. The molecule has 1 amide bonds. The van der Waals surface area contributed by atoms with Crippen LogP contribution < -0.4 is 0 Å². The molecule has 6 nitrogen and oxygen atoms in total. The maximum absolute atomic E-state index is 12.6. The van der Waals surface area contributed by atoms with Gasteiger partial charge in [-0.05, 0) is 36.4 Å². The molecule has 0 aromatic heterocycles. The van der Waals surface area contributed by atoms with Crippen molar-refractivity contribution in [1.82, 2.24) is 4.90 Å². The van der Waals surface area contributed by atoms with Crippen LogP contribution in [0.15, 0.2) is 0 Å². The van der Waals surface area contributed by atoms with E-state index >= 15 is 0 Å². The number of fused-ring (bicyclic) bond motifs is 1. The van der Waals surface area contributed by atoms with Crippen molar-refractivity contribution in [3.8, 4) is 0 Å². The lowest BCUT2D eigenvalue weighted by molar-refractivity contribution is -0.156. The summed E-state index contributed by atoms with van der Waals surface area (Å²) in [5, 5.41) is 0.0128. The summed E-state index contributed by atoms with van der Waals surface area (Å²) in [5.41, 5.74) is 0. The number of rotatable bonds is 4. The molecule has 0 bridgehead atoms. The molecular weight excluding hydrogens is 531 g/mol. The minimum Gasteiger partial charge on any atom is -0.392 e. The smallest absolute Gasteiger partial charge is 0.392 e. The Bertz CT molecular complexity index is 449. The second-order valence-corrected chi connectivity index (χ2v) is 10.7. The lowest BCUT2D eigenvalue weighted by Gasteiger charge is -2.46. The zero-order chi connectivity index (χ0) is 15.3. The molecule has 20 heavy (non-hydrogen) atoms. The van der Waals surface area contributed by atoms with Gasteiger partial charge in [0, 0.05) is 14.2 Å². The molecule has 10 heteroatoms. The molecule has 0 aromatic carbocycles. The number of amides is 1. The van der Waals surface area contributed by atoms with E-state index in [2.05, 4.69) is 22.6 Å². The number of β-lactam (4-membered cyclic amide) rings is 1. The van der Waals surface area contributed by atoms with Crippen LogP contribution >= 0.6 is 65.5 Å². The van der Waals surface area contributed by atoms with Gasteiger partial charge in [-0.15, -0.1) is 11.8 Å². The lowest BCUT2D eigenvalue weighted by Crippen LogP contribution is -2.68. The molecule has 0 spiro atoms. The largest absolute Gasteiger partial charge is 0.398 e. The van der Waals surface area contributed by atoms with Gasteiger partial charge in [-0.2, -0.15) is 0 Å². The lowest BCUT2D eigenvalue weighted by atomic mass is 9.98. The topological polar surface area (TPSA) is 65.1 Å². The molecule has 0 radical (unpaired) electrons. The van der Waals surface area contributed by atoms with E-state index < -0.39 is 22.9 Å². The van der Waals surface area contributed by atoms with E-state index in [0.717, 1.165) is 0 Å². The first kappa shape index (κ1) is 17.5. The van der Waals surface area contributed by atoms with Crippen LogP contribution in [0.4, 0.5) is 0 Å². The van der Waals surface area contributed by atoms with Crippen molar-refractivity contribution in [2.24, 2.45) is 0 Å². The predicted octanol–water partition coefficient (Wildman–Crippen LogP) is 2.68. The number of carbonyl (C=O) groups is 2. The molecule has 0 unspecified atom stereocenters. The average molecular weight is 545 g/mol. The van der Waals surface area contributed by atoms with E-state index in [1.807, 2.05) is 36.4 Å². The number of thioether (sulfide) groups is 1. The first-order valence-electron chi connectivity index (χ1n) is 5.65. The third kappa shape index (κ3) is 2.40. The van der Waals surface area contributed by atoms with Crippen LogP contribution in [0.3, 0.4) is 0 Å². The van der Waals surface area contributed by atoms with Gasteiger partial charge in [-0.1, -0.05) is 22.6 Å². The van der Waals surface area contributed by atoms with Crippen molar-refractivity contribution >= 4 is 77.4 Å². The third-order valence-electron chi connectivity index (χ3n) is 3.25. The molecule has 2 aliphatic heterocycles. The summed E-state index contributed by atoms with van der Waals surface area (Å²) in [6.45, 7) is 3.89. The SMILES string of the molecule is COP(OC)OC(=O)[C@]1(I)N2C(=O)[C@@H](I)[C@H]2SC1(C)C. The van der Waals surface area contributed by atoms with Crippen molar-refractivity contribution in [1.29, 1.82) is 0 Å². The predicted molar refractivity (Wildman–Crippen MR) is 93.9 cm³/mol. The van der Waals surface area contributed by atoms with Crippen molar-refractivity contribution in [3.63, 3.8) is 0 Å². The van der Waals surface area contributed by atoms with E-state index in [1.165, 1.54) is 14.2 Å². The average Bonchev–Trinajstić information content (AvgIpc) is 2.61. The highest BCUT2D eigenvalue weighted by atomic mass is 127. The summed E-state index contributed by atoms with van der Waals surface area (Å²) in [7, 11) is 1.10. The fourth-order valence-electron chi connectivity index (χ4n) is 2.16. The highest BCUT2D eigenvalue weighted by Gasteiger charge is 2.72. The van der Waals surface area contributed by atoms with Crippen LogP contribution in [0, 0.1) is 0 Å². The number of nitrogens with zero attached hydrogens (tertiary/aromatic N) is 1. The normalized spacial score (nSPS) is 35.0. The van der Waals surface area contributed by atoms with Crippen LogP contribution in [-0.4, -0.2) is 48.6 Å². The van der Waals surface area contributed by atoms with Gasteiger partial charge in [-0.3, -0.25) is 4.79 Å². The molecule has 2 rings (SSSR count). The van der Waals surface area contributed by atoms with Crippen molar-refractivity contribution in [2.75, 3.05) is 14.2 Å². The van der Waals surface area contributed by atoms with Crippen molar-refractivity contribution in [2.45, 2.75) is 31.4 Å².